The molecule has 122 valence electrons. The van der Waals surface area contributed by atoms with Gasteiger partial charge in [0.1, 0.15) is 11.6 Å². The van der Waals surface area contributed by atoms with Gasteiger partial charge in [-0.1, -0.05) is 26.7 Å². The van der Waals surface area contributed by atoms with E-state index in [2.05, 4.69) is 13.8 Å². The standard InChI is InChI=1S/C19H28O3/c1-17-10-7-13-16(12(17)5-6-15(17)21)14(20)11-19(22)9-4-3-8-18(13,19)2/h12-13,16,22H,3-11H2,1-2H3/t12-,13+,16+,17-,18-,19-/m0/s1. The van der Waals surface area contributed by atoms with Gasteiger partial charge >= 0.3 is 0 Å². The molecule has 1 N–H and O–H groups in total. The fourth-order valence-electron chi connectivity index (χ4n) is 6.73. The minimum absolute atomic E-state index is 0.0218. The summed E-state index contributed by atoms with van der Waals surface area (Å²) < 4.78 is 0. The first-order valence-electron chi connectivity index (χ1n) is 9.10. The minimum Gasteiger partial charge on any atom is -0.389 e. The highest BCUT2D eigenvalue weighted by Crippen LogP contribution is 2.65. The topological polar surface area (TPSA) is 54.4 Å². The highest BCUT2D eigenvalue weighted by Gasteiger charge is 2.66. The predicted octanol–water partition coefficient (Wildman–Crippen LogP) is 3.28. The van der Waals surface area contributed by atoms with Crippen LogP contribution in [0.2, 0.25) is 0 Å². The van der Waals surface area contributed by atoms with Crippen molar-refractivity contribution in [3.8, 4) is 0 Å². The van der Waals surface area contributed by atoms with E-state index in [1.165, 1.54) is 0 Å². The Kier molecular flexibility index (Phi) is 3.00. The molecule has 4 saturated carbocycles. The predicted molar refractivity (Wildman–Crippen MR) is 83.2 cm³/mol. The summed E-state index contributed by atoms with van der Waals surface area (Å²) in [4.78, 5) is 25.3. The summed E-state index contributed by atoms with van der Waals surface area (Å²) in [6.07, 6.45) is 7.73. The van der Waals surface area contributed by atoms with Crippen molar-refractivity contribution in [1.82, 2.24) is 0 Å². The van der Waals surface area contributed by atoms with Gasteiger partial charge in [-0.3, -0.25) is 9.59 Å². The average Bonchev–Trinajstić information content (AvgIpc) is 2.76. The van der Waals surface area contributed by atoms with E-state index in [0.717, 1.165) is 44.9 Å². The first kappa shape index (κ1) is 14.9. The zero-order chi connectivity index (χ0) is 15.8. The lowest BCUT2D eigenvalue weighted by Crippen LogP contribution is -2.64. The molecule has 0 aromatic heterocycles. The molecule has 0 aromatic rings. The molecule has 4 fully saturated rings. The van der Waals surface area contributed by atoms with E-state index in [0.29, 0.717) is 18.6 Å². The number of aliphatic hydroxyl groups is 1. The van der Waals surface area contributed by atoms with Crippen molar-refractivity contribution in [1.29, 1.82) is 0 Å². The average molecular weight is 304 g/mol. The zero-order valence-electron chi connectivity index (χ0n) is 13.9. The quantitative estimate of drug-likeness (QED) is 0.747. The summed E-state index contributed by atoms with van der Waals surface area (Å²) in [7, 11) is 0. The molecular weight excluding hydrogens is 276 g/mol. The second-order valence-corrected chi connectivity index (χ2v) is 8.96. The number of hydrogen-bond acceptors (Lipinski definition) is 3. The number of carbonyl (C=O) groups excluding carboxylic acids is 2. The van der Waals surface area contributed by atoms with Gasteiger partial charge in [-0.05, 0) is 43.9 Å². The van der Waals surface area contributed by atoms with Crippen molar-refractivity contribution in [2.45, 2.75) is 77.2 Å². The van der Waals surface area contributed by atoms with Crippen LogP contribution >= 0.6 is 0 Å². The van der Waals surface area contributed by atoms with E-state index in [1.54, 1.807) is 0 Å². The molecule has 0 heterocycles. The lowest BCUT2D eigenvalue weighted by Gasteiger charge is -2.61. The van der Waals surface area contributed by atoms with E-state index >= 15 is 0 Å². The summed E-state index contributed by atoms with van der Waals surface area (Å²) in [5, 5.41) is 11.2. The Balaban J connectivity index is 1.76. The SMILES string of the molecule is C[C@@]12CCCC[C@]1(O)CC(=O)[C@H]1[C@H]2CC[C@]2(C)C(=O)CC[C@@H]12. The van der Waals surface area contributed by atoms with Crippen molar-refractivity contribution in [3.05, 3.63) is 0 Å². The van der Waals surface area contributed by atoms with Gasteiger partial charge in [0.15, 0.2) is 0 Å². The molecule has 0 radical (unpaired) electrons. The van der Waals surface area contributed by atoms with Gasteiger partial charge < -0.3 is 5.11 Å². The van der Waals surface area contributed by atoms with Gasteiger partial charge in [-0.2, -0.15) is 0 Å². The fourth-order valence-corrected chi connectivity index (χ4v) is 6.73. The number of ketones is 2. The minimum atomic E-state index is -0.792. The molecule has 0 saturated heterocycles. The summed E-state index contributed by atoms with van der Waals surface area (Å²) in [5.74, 6) is 1.15. The Morgan fingerprint density at radius 2 is 1.73 bits per heavy atom. The second-order valence-electron chi connectivity index (χ2n) is 8.96. The highest BCUT2D eigenvalue weighted by molar-refractivity contribution is 5.91. The Morgan fingerprint density at radius 1 is 1.00 bits per heavy atom. The third-order valence-electron chi connectivity index (χ3n) is 8.24. The maximum Gasteiger partial charge on any atom is 0.139 e. The number of carbonyl (C=O) groups is 2. The van der Waals surface area contributed by atoms with Crippen LogP contribution in [0.3, 0.4) is 0 Å². The van der Waals surface area contributed by atoms with Gasteiger partial charge in [-0.25, -0.2) is 0 Å². The Bertz CT molecular complexity index is 541. The Morgan fingerprint density at radius 3 is 2.50 bits per heavy atom. The third-order valence-corrected chi connectivity index (χ3v) is 8.24. The van der Waals surface area contributed by atoms with Crippen LogP contribution in [0.25, 0.3) is 0 Å². The van der Waals surface area contributed by atoms with Crippen LogP contribution in [-0.4, -0.2) is 22.3 Å². The van der Waals surface area contributed by atoms with Crippen LogP contribution in [0.1, 0.15) is 71.6 Å². The van der Waals surface area contributed by atoms with E-state index < -0.39 is 5.60 Å². The van der Waals surface area contributed by atoms with Gasteiger partial charge in [0, 0.05) is 29.6 Å². The molecule has 0 bridgehead atoms. The molecule has 0 amide bonds. The summed E-state index contributed by atoms with van der Waals surface area (Å²) >= 11 is 0. The normalized spacial score (nSPS) is 54.6. The van der Waals surface area contributed by atoms with Crippen LogP contribution in [0.5, 0.6) is 0 Å². The lowest BCUT2D eigenvalue weighted by atomic mass is 9.43. The maximum atomic E-state index is 13.0. The molecular formula is C19H28O3. The first-order chi connectivity index (χ1) is 10.3. The van der Waals surface area contributed by atoms with E-state index in [1.807, 2.05) is 0 Å². The van der Waals surface area contributed by atoms with Gasteiger partial charge in [0.05, 0.1) is 5.60 Å². The molecule has 22 heavy (non-hydrogen) atoms. The number of rotatable bonds is 0. The van der Waals surface area contributed by atoms with Crippen LogP contribution in [0.4, 0.5) is 0 Å². The Labute approximate surface area is 132 Å². The van der Waals surface area contributed by atoms with Crippen LogP contribution < -0.4 is 0 Å². The molecule has 4 aliphatic rings. The lowest BCUT2D eigenvalue weighted by molar-refractivity contribution is -0.201. The van der Waals surface area contributed by atoms with E-state index in [4.69, 9.17) is 0 Å². The molecule has 3 heteroatoms. The molecule has 0 aromatic carbocycles. The first-order valence-corrected chi connectivity index (χ1v) is 9.10. The highest BCUT2D eigenvalue weighted by atomic mass is 16.3. The molecule has 6 atom stereocenters. The van der Waals surface area contributed by atoms with E-state index in [9.17, 15) is 14.7 Å². The van der Waals surface area contributed by atoms with Crippen LogP contribution in [0.15, 0.2) is 0 Å². The molecule has 0 aliphatic heterocycles. The monoisotopic (exact) mass is 304 g/mol. The van der Waals surface area contributed by atoms with Crippen molar-refractivity contribution in [2.24, 2.45) is 28.6 Å². The summed E-state index contributed by atoms with van der Waals surface area (Å²) in [6.45, 7) is 4.33. The number of Topliss-reactive ketones (excluding diaryl/α,β-unsaturated/α-hetero) is 2. The molecule has 0 spiro atoms. The largest absolute Gasteiger partial charge is 0.389 e. The van der Waals surface area contributed by atoms with Gasteiger partial charge in [-0.15, -0.1) is 0 Å². The van der Waals surface area contributed by atoms with Gasteiger partial charge in [0.25, 0.3) is 0 Å². The fraction of sp³-hybridized carbons (Fsp3) is 0.895. The molecule has 3 nitrogen and oxygen atoms in total. The van der Waals surface area contributed by atoms with Crippen molar-refractivity contribution >= 4 is 11.6 Å². The molecule has 0 unspecified atom stereocenters. The van der Waals surface area contributed by atoms with Crippen molar-refractivity contribution in [3.63, 3.8) is 0 Å². The zero-order valence-corrected chi connectivity index (χ0v) is 13.9. The van der Waals surface area contributed by atoms with Gasteiger partial charge in [0.2, 0.25) is 0 Å². The molecule has 4 rings (SSSR count). The number of fused-ring (bicyclic) bond motifs is 5. The third kappa shape index (κ3) is 1.61. The van der Waals surface area contributed by atoms with Crippen LogP contribution in [0, 0.1) is 28.6 Å². The second kappa shape index (κ2) is 4.43. The van der Waals surface area contributed by atoms with Crippen LogP contribution in [-0.2, 0) is 9.59 Å². The van der Waals surface area contributed by atoms with E-state index in [-0.39, 0.29) is 34.4 Å². The molecule has 4 aliphatic carbocycles. The summed E-state index contributed by atoms with van der Waals surface area (Å²) in [5.41, 5.74) is -1.19. The smallest absolute Gasteiger partial charge is 0.139 e. The Hall–Kier alpha value is -0.700. The number of hydrogen-bond donors (Lipinski definition) is 1. The summed E-state index contributed by atoms with van der Waals surface area (Å²) in [6, 6.07) is 0. The van der Waals surface area contributed by atoms with Crippen molar-refractivity contribution in [2.75, 3.05) is 0 Å². The van der Waals surface area contributed by atoms with Crippen molar-refractivity contribution < 1.29 is 14.7 Å². The maximum absolute atomic E-state index is 13.0.